The number of para-hydroxylation sites is 1. The summed E-state index contributed by atoms with van der Waals surface area (Å²) < 4.78 is 0.934. The first-order valence-electron chi connectivity index (χ1n) is 5.87. The van der Waals surface area contributed by atoms with Crippen molar-refractivity contribution in [2.24, 2.45) is 0 Å². The summed E-state index contributed by atoms with van der Waals surface area (Å²) in [6.07, 6.45) is 1.83. The maximum absolute atomic E-state index is 12.3. The molecular formula is C15H11BrN2O. The number of halogens is 1. The van der Waals surface area contributed by atoms with E-state index >= 15 is 0 Å². The molecule has 2 aromatic carbocycles. The van der Waals surface area contributed by atoms with E-state index < -0.39 is 0 Å². The standard InChI is InChI=1S/C15H11BrN2O/c16-11-4-2-5-12(9-11)18-15(19)13-6-1-3-10-7-8-17-14(10)13/h1-9,17H,(H,18,19). The van der Waals surface area contributed by atoms with Crippen LogP contribution in [0.4, 0.5) is 5.69 Å². The molecule has 0 aliphatic rings. The Morgan fingerprint density at radius 2 is 1.95 bits per heavy atom. The molecular weight excluding hydrogens is 304 g/mol. The van der Waals surface area contributed by atoms with E-state index in [1.165, 1.54) is 0 Å². The zero-order chi connectivity index (χ0) is 13.2. The van der Waals surface area contributed by atoms with Crippen molar-refractivity contribution in [2.75, 3.05) is 5.32 Å². The molecule has 1 amide bonds. The van der Waals surface area contributed by atoms with Crippen LogP contribution < -0.4 is 5.32 Å². The lowest BCUT2D eigenvalue weighted by molar-refractivity contribution is 0.102. The molecule has 0 saturated carbocycles. The molecule has 0 unspecified atom stereocenters. The van der Waals surface area contributed by atoms with E-state index in [1.54, 1.807) is 0 Å². The topological polar surface area (TPSA) is 44.9 Å². The third-order valence-electron chi connectivity index (χ3n) is 2.91. The van der Waals surface area contributed by atoms with Crippen molar-refractivity contribution >= 4 is 38.4 Å². The van der Waals surface area contributed by atoms with Crippen molar-refractivity contribution in [1.82, 2.24) is 4.98 Å². The van der Waals surface area contributed by atoms with Crippen LogP contribution in [0, 0.1) is 0 Å². The number of hydrogen-bond donors (Lipinski definition) is 2. The SMILES string of the molecule is O=C(Nc1cccc(Br)c1)c1cccc2cc[nH]c12. The molecule has 3 nitrogen and oxygen atoms in total. The Kier molecular flexibility index (Phi) is 3.09. The fraction of sp³-hybridized carbons (Fsp3) is 0. The van der Waals surface area contributed by atoms with Gasteiger partial charge in [0.25, 0.3) is 5.91 Å². The van der Waals surface area contributed by atoms with Crippen LogP contribution in [0.3, 0.4) is 0 Å². The van der Waals surface area contributed by atoms with Gasteiger partial charge >= 0.3 is 0 Å². The predicted molar refractivity (Wildman–Crippen MR) is 80.4 cm³/mol. The zero-order valence-electron chi connectivity index (χ0n) is 9.98. The molecule has 0 spiro atoms. The lowest BCUT2D eigenvalue weighted by atomic mass is 10.1. The third-order valence-corrected chi connectivity index (χ3v) is 3.41. The quantitative estimate of drug-likeness (QED) is 0.732. The summed E-state index contributed by atoms with van der Waals surface area (Å²) in [6, 6.07) is 15.1. The van der Waals surface area contributed by atoms with Crippen LogP contribution >= 0.6 is 15.9 Å². The van der Waals surface area contributed by atoms with Gasteiger partial charge in [0.1, 0.15) is 0 Å². The first kappa shape index (κ1) is 12.0. The third kappa shape index (κ3) is 2.39. The largest absolute Gasteiger partial charge is 0.361 e. The normalized spacial score (nSPS) is 10.6. The highest BCUT2D eigenvalue weighted by Gasteiger charge is 2.10. The van der Waals surface area contributed by atoms with E-state index in [9.17, 15) is 4.79 Å². The minimum absolute atomic E-state index is 0.119. The van der Waals surface area contributed by atoms with Gasteiger partial charge in [-0.2, -0.15) is 0 Å². The van der Waals surface area contributed by atoms with Crippen molar-refractivity contribution in [3.63, 3.8) is 0 Å². The average molecular weight is 315 g/mol. The van der Waals surface area contributed by atoms with Crippen LogP contribution in [-0.4, -0.2) is 10.9 Å². The molecule has 1 aromatic heterocycles. The summed E-state index contributed by atoms with van der Waals surface area (Å²) in [5.41, 5.74) is 2.26. The number of aromatic amines is 1. The van der Waals surface area contributed by atoms with Gasteiger partial charge in [-0.3, -0.25) is 4.79 Å². The van der Waals surface area contributed by atoms with Crippen LogP contribution in [0.25, 0.3) is 10.9 Å². The van der Waals surface area contributed by atoms with E-state index in [0.29, 0.717) is 5.56 Å². The zero-order valence-corrected chi connectivity index (χ0v) is 11.6. The number of fused-ring (bicyclic) bond motifs is 1. The second-order valence-corrected chi connectivity index (χ2v) is 5.13. The molecule has 3 aromatic rings. The molecule has 0 fully saturated rings. The molecule has 2 N–H and O–H groups in total. The fourth-order valence-electron chi connectivity index (χ4n) is 2.04. The number of carbonyl (C=O) groups excluding carboxylic acids is 1. The van der Waals surface area contributed by atoms with Gasteiger partial charge in [-0.15, -0.1) is 0 Å². The summed E-state index contributed by atoms with van der Waals surface area (Å²) in [6.45, 7) is 0. The molecule has 19 heavy (non-hydrogen) atoms. The number of benzene rings is 2. The number of nitrogens with one attached hydrogen (secondary N) is 2. The number of anilines is 1. The summed E-state index contributed by atoms with van der Waals surface area (Å²) in [4.78, 5) is 15.4. The molecule has 0 atom stereocenters. The molecule has 0 aliphatic carbocycles. The summed E-state index contributed by atoms with van der Waals surface area (Å²) in [5.74, 6) is -0.119. The minimum Gasteiger partial charge on any atom is -0.361 e. The van der Waals surface area contributed by atoms with Gasteiger partial charge < -0.3 is 10.3 Å². The maximum atomic E-state index is 12.3. The Labute approximate surface area is 118 Å². The maximum Gasteiger partial charge on any atom is 0.257 e. The van der Waals surface area contributed by atoms with Crippen LogP contribution in [0.2, 0.25) is 0 Å². The molecule has 0 radical (unpaired) electrons. The molecule has 3 rings (SSSR count). The Balaban J connectivity index is 1.94. The monoisotopic (exact) mass is 314 g/mol. The Hall–Kier alpha value is -2.07. The van der Waals surface area contributed by atoms with Gasteiger partial charge in [0.05, 0.1) is 11.1 Å². The lowest BCUT2D eigenvalue weighted by Gasteiger charge is -2.06. The van der Waals surface area contributed by atoms with E-state index in [2.05, 4.69) is 26.2 Å². The van der Waals surface area contributed by atoms with Gasteiger partial charge in [0, 0.05) is 21.7 Å². The second kappa shape index (κ2) is 4.90. The number of amides is 1. The van der Waals surface area contributed by atoms with Crippen LogP contribution in [0.15, 0.2) is 59.2 Å². The van der Waals surface area contributed by atoms with Gasteiger partial charge in [-0.25, -0.2) is 0 Å². The van der Waals surface area contributed by atoms with E-state index in [0.717, 1.165) is 21.1 Å². The number of H-pyrrole nitrogens is 1. The van der Waals surface area contributed by atoms with Crippen LogP contribution in [-0.2, 0) is 0 Å². The van der Waals surface area contributed by atoms with Gasteiger partial charge in [0.15, 0.2) is 0 Å². The minimum atomic E-state index is -0.119. The van der Waals surface area contributed by atoms with E-state index in [1.807, 2.05) is 54.7 Å². The highest BCUT2D eigenvalue weighted by molar-refractivity contribution is 9.10. The van der Waals surface area contributed by atoms with E-state index in [-0.39, 0.29) is 5.91 Å². The molecule has 0 bridgehead atoms. The number of aromatic nitrogens is 1. The predicted octanol–water partition coefficient (Wildman–Crippen LogP) is 4.18. The Bertz CT molecular complexity index is 748. The number of carbonyl (C=O) groups is 1. The number of hydrogen-bond acceptors (Lipinski definition) is 1. The van der Waals surface area contributed by atoms with Crippen molar-refractivity contribution in [3.8, 4) is 0 Å². The second-order valence-electron chi connectivity index (χ2n) is 4.21. The fourth-order valence-corrected chi connectivity index (χ4v) is 2.44. The summed E-state index contributed by atoms with van der Waals surface area (Å²) in [7, 11) is 0. The van der Waals surface area contributed by atoms with Crippen LogP contribution in [0.1, 0.15) is 10.4 Å². The number of rotatable bonds is 2. The van der Waals surface area contributed by atoms with Crippen molar-refractivity contribution in [3.05, 3.63) is 64.8 Å². The molecule has 1 heterocycles. The molecule has 4 heteroatoms. The highest BCUT2D eigenvalue weighted by atomic mass is 79.9. The van der Waals surface area contributed by atoms with Crippen molar-refractivity contribution in [2.45, 2.75) is 0 Å². The summed E-state index contributed by atoms with van der Waals surface area (Å²) >= 11 is 3.38. The van der Waals surface area contributed by atoms with Gasteiger partial charge in [-0.1, -0.05) is 34.1 Å². The lowest BCUT2D eigenvalue weighted by Crippen LogP contribution is -2.12. The van der Waals surface area contributed by atoms with Crippen molar-refractivity contribution < 1.29 is 4.79 Å². The Morgan fingerprint density at radius 3 is 2.79 bits per heavy atom. The summed E-state index contributed by atoms with van der Waals surface area (Å²) in [5, 5.41) is 3.92. The average Bonchev–Trinajstić information content (AvgIpc) is 2.86. The Morgan fingerprint density at radius 1 is 1.11 bits per heavy atom. The van der Waals surface area contributed by atoms with Crippen LogP contribution in [0.5, 0.6) is 0 Å². The molecule has 94 valence electrons. The van der Waals surface area contributed by atoms with Crippen molar-refractivity contribution in [1.29, 1.82) is 0 Å². The first-order chi connectivity index (χ1) is 9.24. The molecule has 0 saturated heterocycles. The van der Waals surface area contributed by atoms with Gasteiger partial charge in [0.2, 0.25) is 0 Å². The smallest absolute Gasteiger partial charge is 0.257 e. The van der Waals surface area contributed by atoms with E-state index in [4.69, 9.17) is 0 Å². The molecule has 0 aliphatic heterocycles. The van der Waals surface area contributed by atoms with Gasteiger partial charge in [-0.05, 0) is 30.3 Å². The first-order valence-corrected chi connectivity index (χ1v) is 6.66. The highest BCUT2D eigenvalue weighted by Crippen LogP contribution is 2.20.